The van der Waals surface area contributed by atoms with Crippen molar-refractivity contribution in [1.29, 1.82) is 0 Å². The molecular weight excluding hydrogens is 303 g/mol. The summed E-state index contributed by atoms with van der Waals surface area (Å²) in [6, 6.07) is 13.5. The molecule has 2 aromatic rings. The molecule has 0 fully saturated rings. The standard InChI is InChI=1S/C18H18FNO.C2H7N/c19-17-6-5-13-9-14-3-1-2-4-18(14)15(7-8-20-12-21)10-16(13)11-17;1-3-2/h1-6,11-12,15H,7-10H2,(H,20,21);3H,1-2H3. The number of halogens is 1. The zero-order valence-corrected chi connectivity index (χ0v) is 14.3. The van der Waals surface area contributed by atoms with Gasteiger partial charge in [0.25, 0.3) is 0 Å². The predicted molar refractivity (Wildman–Crippen MR) is 95.8 cm³/mol. The van der Waals surface area contributed by atoms with Gasteiger partial charge in [-0.2, -0.15) is 0 Å². The van der Waals surface area contributed by atoms with Crippen molar-refractivity contribution in [2.45, 2.75) is 25.2 Å². The lowest BCUT2D eigenvalue weighted by molar-refractivity contribution is -0.109. The fourth-order valence-corrected chi connectivity index (χ4v) is 3.21. The van der Waals surface area contributed by atoms with Crippen LogP contribution < -0.4 is 10.6 Å². The molecule has 1 aliphatic rings. The zero-order valence-electron chi connectivity index (χ0n) is 14.3. The largest absolute Gasteiger partial charge is 0.359 e. The molecule has 0 aliphatic heterocycles. The van der Waals surface area contributed by atoms with Crippen LogP contribution in [0.2, 0.25) is 0 Å². The van der Waals surface area contributed by atoms with Crippen LogP contribution in [-0.2, 0) is 17.6 Å². The molecular formula is C20H25FN2O. The van der Waals surface area contributed by atoms with Crippen LogP contribution in [0.5, 0.6) is 0 Å². The Kier molecular flexibility index (Phi) is 6.94. The molecule has 1 atom stereocenters. The molecule has 4 heteroatoms. The maximum absolute atomic E-state index is 13.5. The number of fused-ring (bicyclic) bond motifs is 2. The Balaban J connectivity index is 0.000000647. The number of nitrogens with one attached hydrogen (secondary N) is 2. The minimum absolute atomic E-state index is 0.176. The van der Waals surface area contributed by atoms with E-state index >= 15 is 0 Å². The SMILES string of the molecule is CNC.O=CNCCC1Cc2cc(F)ccc2Cc2ccccc21. The summed E-state index contributed by atoms with van der Waals surface area (Å²) in [5, 5.41) is 5.48. The minimum Gasteiger partial charge on any atom is -0.359 e. The zero-order chi connectivity index (χ0) is 17.4. The third-order valence-corrected chi connectivity index (χ3v) is 4.23. The highest BCUT2D eigenvalue weighted by Crippen LogP contribution is 2.34. The summed E-state index contributed by atoms with van der Waals surface area (Å²) in [5.41, 5.74) is 4.91. The van der Waals surface area contributed by atoms with E-state index in [0.29, 0.717) is 12.5 Å². The number of amides is 1. The summed E-state index contributed by atoms with van der Waals surface area (Å²) >= 11 is 0. The first-order valence-corrected chi connectivity index (χ1v) is 8.30. The third kappa shape index (κ3) is 4.65. The minimum atomic E-state index is -0.176. The highest BCUT2D eigenvalue weighted by molar-refractivity contribution is 5.46. The van der Waals surface area contributed by atoms with Gasteiger partial charge in [-0.05, 0) is 73.7 Å². The van der Waals surface area contributed by atoms with Gasteiger partial charge >= 0.3 is 0 Å². The number of rotatable bonds is 4. The Morgan fingerprint density at radius 3 is 2.62 bits per heavy atom. The van der Waals surface area contributed by atoms with Crippen molar-refractivity contribution in [3.8, 4) is 0 Å². The molecule has 128 valence electrons. The second kappa shape index (κ2) is 9.18. The van der Waals surface area contributed by atoms with Gasteiger partial charge in [-0.25, -0.2) is 4.39 Å². The molecule has 1 aliphatic carbocycles. The molecule has 1 amide bonds. The van der Waals surface area contributed by atoms with Crippen molar-refractivity contribution in [3.05, 3.63) is 70.5 Å². The summed E-state index contributed by atoms with van der Waals surface area (Å²) < 4.78 is 13.5. The van der Waals surface area contributed by atoms with Crippen LogP contribution >= 0.6 is 0 Å². The monoisotopic (exact) mass is 328 g/mol. The van der Waals surface area contributed by atoms with E-state index in [1.807, 2.05) is 26.2 Å². The van der Waals surface area contributed by atoms with E-state index in [9.17, 15) is 9.18 Å². The lowest BCUT2D eigenvalue weighted by Crippen LogP contribution is -2.16. The summed E-state index contributed by atoms with van der Waals surface area (Å²) in [6.45, 7) is 0.646. The van der Waals surface area contributed by atoms with Crippen LogP contribution in [-0.4, -0.2) is 27.1 Å². The first kappa shape index (κ1) is 18.1. The Morgan fingerprint density at radius 2 is 1.88 bits per heavy atom. The number of hydrogen-bond acceptors (Lipinski definition) is 2. The normalized spacial score (nSPS) is 15.2. The fraction of sp³-hybridized carbons (Fsp3) is 0.350. The first-order chi connectivity index (χ1) is 11.7. The molecule has 2 N–H and O–H groups in total. The summed E-state index contributed by atoms with van der Waals surface area (Å²) in [6.07, 6.45) is 3.27. The van der Waals surface area contributed by atoms with Crippen molar-refractivity contribution in [1.82, 2.24) is 10.6 Å². The Morgan fingerprint density at radius 1 is 1.12 bits per heavy atom. The molecule has 0 aromatic heterocycles. The Bertz CT molecular complexity index is 672. The number of benzene rings is 2. The van der Waals surface area contributed by atoms with Gasteiger partial charge in [-0.3, -0.25) is 4.79 Å². The number of carbonyl (C=O) groups excluding carboxylic acids is 1. The van der Waals surface area contributed by atoms with Gasteiger partial charge in [0.05, 0.1) is 0 Å². The van der Waals surface area contributed by atoms with Gasteiger partial charge in [0.1, 0.15) is 5.82 Å². The molecule has 0 radical (unpaired) electrons. The van der Waals surface area contributed by atoms with E-state index in [-0.39, 0.29) is 5.82 Å². The van der Waals surface area contributed by atoms with E-state index in [4.69, 9.17) is 0 Å². The predicted octanol–water partition coefficient (Wildman–Crippen LogP) is 3.03. The van der Waals surface area contributed by atoms with Gasteiger partial charge in [-0.1, -0.05) is 30.3 Å². The molecule has 3 nitrogen and oxygen atoms in total. The summed E-state index contributed by atoms with van der Waals surface area (Å²) in [5.74, 6) is 0.140. The smallest absolute Gasteiger partial charge is 0.207 e. The van der Waals surface area contributed by atoms with E-state index in [1.165, 1.54) is 22.8 Å². The van der Waals surface area contributed by atoms with Gasteiger partial charge in [0, 0.05) is 6.54 Å². The molecule has 24 heavy (non-hydrogen) atoms. The van der Waals surface area contributed by atoms with Crippen LogP contribution in [0.4, 0.5) is 4.39 Å². The molecule has 0 spiro atoms. The molecule has 0 heterocycles. The van der Waals surface area contributed by atoms with Crippen LogP contribution in [0.15, 0.2) is 42.5 Å². The fourth-order valence-electron chi connectivity index (χ4n) is 3.21. The number of hydrogen-bond donors (Lipinski definition) is 2. The molecule has 0 saturated carbocycles. The van der Waals surface area contributed by atoms with Crippen LogP contribution in [0, 0.1) is 5.82 Å². The second-order valence-electron chi connectivity index (χ2n) is 6.05. The lowest BCUT2D eigenvalue weighted by atomic mass is 9.89. The first-order valence-electron chi connectivity index (χ1n) is 8.30. The highest BCUT2D eigenvalue weighted by atomic mass is 19.1. The van der Waals surface area contributed by atoms with E-state index in [1.54, 1.807) is 6.07 Å². The quantitative estimate of drug-likeness (QED) is 0.669. The Labute approximate surface area is 143 Å². The van der Waals surface area contributed by atoms with Crippen molar-refractivity contribution in [2.75, 3.05) is 20.6 Å². The maximum atomic E-state index is 13.5. The van der Waals surface area contributed by atoms with Crippen LogP contribution in [0.3, 0.4) is 0 Å². The number of carbonyl (C=O) groups is 1. The van der Waals surface area contributed by atoms with E-state index in [0.717, 1.165) is 31.2 Å². The van der Waals surface area contributed by atoms with Crippen LogP contribution in [0.25, 0.3) is 0 Å². The topological polar surface area (TPSA) is 41.1 Å². The molecule has 3 rings (SSSR count). The van der Waals surface area contributed by atoms with Crippen molar-refractivity contribution in [3.63, 3.8) is 0 Å². The second-order valence-corrected chi connectivity index (χ2v) is 6.05. The molecule has 0 saturated heterocycles. The van der Waals surface area contributed by atoms with Crippen molar-refractivity contribution in [2.24, 2.45) is 0 Å². The van der Waals surface area contributed by atoms with Gasteiger partial charge in [0.2, 0.25) is 6.41 Å². The van der Waals surface area contributed by atoms with E-state index < -0.39 is 0 Å². The van der Waals surface area contributed by atoms with Crippen molar-refractivity contribution < 1.29 is 9.18 Å². The lowest BCUT2D eigenvalue weighted by Gasteiger charge is -2.17. The van der Waals surface area contributed by atoms with E-state index in [2.05, 4.69) is 28.8 Å². The summed E-state index contributed by atoms with van der Waals surface area (Å²) in [7, 11) is 3.75. The molecule has 1 unspecified atom stereocenters. The average molecular weight is 328 g/mol. The Hall–Kier alpha value is -2.20. The maximum Gasteiger partial charge on any atom is 0.207 e. The van der Waals surface area contributed by atoms with Gasteiger partial charge in [-0.15, -0.1) is 0 Å². The summed E-state index contributed by atoms with van der Waals surface area (Å²) in [4.78, 5) is 10.4. The van der Waals surface area contributed by atoms with Crippen LogP contribution in [0.1, 0.15) is 34.6 Å². The van der Waals surface area contributed by atoms with Gasteiger partial charge in [0.15, 0.2) is 0 Å². The molecule has 0 bridgehead atoms. The molecule has 2 aromatic carbocycles. The average Bonchev–Trinajstić information content (AvgIpc) is 2.72. The van der Waals surface area contributed by atoms with Gasteiger partial charge < -0.3 is 10.6 Å². The van der Waals surface area contributed by atoms with Crippen molar-refractivity contribution >= 4 is 6.41 Å². The third-order valence-electron chi connectivity index (χ3n) is 4.23. The highest BCUT2D eigenvalue weighted by Gasteiger charge is 2.21.